The van der Waals surface area contributed by atoms with Crippen LogP contribution in [0.2, 0.25) is 5.02 Å². The standard InChI is InChI=1S/C16H14ClNO2/c17-14-6-7-15-13(10-14)8-9-18(15)16(19)20-11-12-4-2-1-3-5-12/h1-7,10H,8-9,11H2. The van der Waals surface area contributed by atoms with Crippen LogP contribution in [-0.4, -0.2) is 12.6 Å². The Labute approximate surface area is 122 Å². The van der Waals surface area contributed by atoms with Gasteiger partial charge in [0.15, 0.2) is 0 Å². The van der Waals surface area contributed by atoms with E-state index in [1.165, 1.54) is 0 Å². The van der Waals surface area contributed by atoms with Crippen LogP contribution in [0.1, 0.15) is 11.1 Å². The second-order valence-corrected chi connectivity index (χ2v) is 5.15. The Balaban J connectivity index is 1.68. The number of fused-ring (bicyclic) bond motifs is 1. The zero-order chi connectivity index (χ0) is 13.9. The van der Waals surface area contributed by atoms with Crippen LogP contribution in [0.15, 0.2) is 48.5 Å². The molecule has 102 valence electrons. The zero-order valence-electron chi connectivity index (χ0n) is 10.9. The highest BCUT2D eigenvalue weighted by Crippen LogP contribution is 2.30. The number of benzene rings is 2. The molecule has 0 radical (unpaired) electrons. The van der Waals surface area contributed by atoms with Crippen molar-refractivity contribution < 1.29 is 9.53 Å². The smallest absolute Gasteiger partial charge is 0.414 e. The minimum atomic E-state index is -0.310. The van der Waals surface area contributed by atoms with Crippen molar-refractivity contribution in [3.05, 3.63) is 64.7 Å². The van der Waals surface area contributed by atoms with E-state index in [9.17, 15) is 4.79 Å². The van der Waals surface area contributed by atoms with Crippen molar-refractivity contribution in [3.8, 4) is 0 Å². The molecule has 1 aliphatic rings. The van der Waals surface area contributed by atoms with Gasteiger partial charge in [-0.05, 0) is 35.7 Å². The Morgan fingerprint density at radius 2 is 2.00 bits per heavy atom. The average Bonchev–Trinajstić information content (AvgIpc) is 2.89. The van der Waals surface area contributed by atoms with Gasteiger partial charge in [-0.3, -0.25) is 4.90 Å². The van der Waals surface area contributed by atoms with Crippen molar-refractivity contribution in [3.63, 3.8) is 0 Å². The lowest BCUT2D eigenvalue weighted by Crippen LogP contribution is -2.29. The van der Waals surface area contributed by atoms with E-state index in [0.717, 1.165) is 23.2 Å². The Morgan fingerprint density at radius 1 is 1.20 bits per heavy atom. The monoisotopic (exact) mass is 287 g/mol. The van der Waals surface area contributed by atoms with Gasteiger partial charge < -0.3 is 4.74 Å². The van der Waals surface area contributed by atoms with Gasteiger partial charge in [0.1, 0.15) is 6.61 Å². The normalized spacial score (nSPS) is 13.2. The molecule has 0 spiro atoms. The fraction of sp³-hybridized carbons (Fsp3) is 0.188. The van der Waals surface area contributed by atoms with Gasteiger partial charge in [-0.15, -0.1) is 0 Å². The zero-order valence-corrected chi connectivity index (χ0v) is 11.6. The molecule has 1 amide bonds. The molecule has 0 aliphatic carbocycles. The highest BCUT2D eigenvalue weighted by molar-refractivity contribution is 6.30. The molecule has 2 aromatic rings. The van der Waals surface area contributed by atoms with E-state index in [1.807, 2.05) is 42.5 Å². The van der Waals surface area contributed by atoms with Gasteiger partial charge in [-0.1, -0.05) is 41.9 Å². The number of rotatable bonds is 2. The number of hydrogen-bond acceptors (Lipinski definition) is 2. The van der Waals surface area contributed by atoms with E-state index in [1.54, 1.807) is 11.0 Å². The van der Waals surface area contributed by atoms with Crippen LogP contribution < -0.4 is 4.90 Å². The van der Waals surface area contributed by atoms with Crippen LogP contribution >= 0.6 is 11.6 Å². The van der Waals surface area contributed by atoms with Crippen LogP contribution in [0.4, 0.5) is 10.5 Å². The molecule has 0 fully saturated rings. The second kappa shape index (κ2) is 5.55. The first-order chi connectivity index (χ1) is 9.74. The largest absolute Gasteiger partial charge is 0.444 e. The first-order valence-corrected chi connectivity index (χ1v) is 6.88. The van der Waals surface area contributed by atoms with E-state index < -0.39 is 0 Å². The molecule has 20 heavy (non-hydrogen) atoms. The third kappa shape index (κ3) is 2.63. The highest BCUT2D eigenvalue weighted by Gasteiger charge is 2.25. The lowest BCUT2D eigenvalue weighted by atomic mass is 10.2. The molecule has 0 saturated heterocycles. The summed E-state index contributed by atoms with van der Waals surface area (Å²) in [7, 11) is 0. The maximum atomic E-state index is 12.1. The van der Waals surface area contributed by atoms with Gasteiger partial charge in [-0.25, -0.2) is 4.79 Å². The maximum absolute atomic E-state index is 12.1. The minimum absolute atomic E-state index is 0.291. The number of nitrogens with zero attached hydrogens (tertiary/aromatic N) is 1. The van der Waals surface area contributed by atoms with Crippen molar-refractivity contribution in [1.29, 1.82) is 0 Å². The molecule has 4 heteroatoms. The van der Waals surface area contributed by atoms with Gasteiger partial charge >= 0.3 is 6.09 Å². The molecule has 3 rings (SSSR count). The lowest BCUT2D eigenvalue weighted by Gasteiger charge is -2.17. The summed E-state index contributed by atoms with van der Waals surface area (Å²) < 4.78 is 5.35. The summed E-state index contributed by atoms with van der Waals surface area (Å²) in [5, 5.41) is 0.697. The molecule has 1 aliphatic heterocycles. The summed E-state index contributed by atoms with van der Waals surface area (Å²) in [5.74, 6) is 0. The molecule has 2 aromatic carbocycles. The molecule has 0 N–H and O–H groups in total. The third-order valence-corrected chi connectivity index (χ3v) is 3.60. The van der Waals surface area contributed by atoms with Gasteiger partial charge in [-0.2, -0.15) is 0 Å². The van der Waals surface area contributed by atoms with Crippen molar-refractivity contribution in [2.45, 2.75) is 13.0 Å². The number of carbonyl (C=O) groups excluding carboxylic acids is 1. The third-order valence-electron chi connectivity index (χ3n) is 3.36. The van der Waals surface area contributed by atoms with Crippen LogP contribution in [0, 0.1) is 0 Å². The van der Waals surface area contributed by atoms with Gasteiger partial charge in [0.2, 0.25) is 0 Å². The van der Waals surface area contributed by atoms with Gasteiger partial charge in [0, 0.05) is 11.6 Å². The van der Waals surface area contributed by atoms with Crippen LogP contribution in [0.5, 0.6) is 0 Å². The quantitative estimate of drug-likeness (QED) is 0.834. The number of halogens is 1. The summed E-state index contributed by atoms with van der Waals surface area (Å²) in [6.07, 6.45) is 0.506. The minimum Gasteiger partial charge on any atom is -0.444 e. The maximum Gasteiger partial charge on any atom is 0.414 e. The average molecular weight is 288 g/mol. The SMILES string of the molecule is O=C(OCc1ccccc1)N1CCc2cc(Cl)ccc21. The molecule has 0 atom stereocenters. The van der Waals surface area contributed by atoms with Crippen LogP contribution in [0.3, 0.4) is 0 Å². The van der Waals surface area contributed by atoms with Crippen LogP contribution in [-0.2, 0) is 17.8 Å². The number of amides is 1. The highest BCUT2D eigenvalue weighted by atomic mass is 35.5. The summed E-state index contributed by atoms with van der Waals surface area (Å²) in [5.41, 5.74) is 2.97. The van der Waals surface area contributed by atoms with E-state index in [2.05, 4.69) is 0 Å². The topological polar surface area (TPSA) is 29.5 Å². The number of carbonyl (C=O) groups is 1. The summed E-state index contributed by atoms with van der Waals surface area (Å²) in [6.45, 7) is 0.933. The molecule has 0 aromatic heterocycles. The Bertz CT molecular complexity index is 628. The fourth-order valence-electron chi connectivity index (χ4n) is 2.36. The van der Waals surface area contributed by atoms with Crippen molar-refractivity contribution >= 4 is 23.4 Å². The van der Waals surface area contributed by atoms with Crippen molar-refractivity contribution in [2.75, 3.05) is 11.4 Å². The van der Waals surface area contributed by atoms with E-state index in [4.69, 9.17) is 16.3 Å². The molecule has 0 saturated carbocycles. The van der Waals surface area contributed by atoms with Gasteiger partial charge in [0.25, 0.3) is 0 Å². The van der Waals surface area contributed by atoms with Gasteiger partial charge in [0.05, 0.1) is 5.69 Å². The molecular weight excluding hydrogens is 274 g/mol. The Hall–Kier alpha value is -2.00. The Kier molecular flexibility index (Phi) is 3.61. The van der Waals surface area contributed by atoms with E-state index in [-0.39, 0.29) is 6.09 Å². The number of hydrogen-bond donors (Lipinski definition) is 0. The first kappa shape index (κ1) is 13.0. The fourth-order valence-corrected chi connectivity index (χ4v) is 2.55. The Morgan fingerprint density at radius 3 is 2.80 bits per heavy atom. The molecule has 1 heterocycles. The molecule has 3 nitrogen and oxygen atoms in total. The molecule has 0 unspecified atom stereocenters. The molecule has 0 bridgehead atoms. The predicted molar refractivity (Wildman–Crippen MR) is 79.1 cm³/mol. The van der Waals surface area contributed by atoms with Crippen LogP contribution in [0.25, 0.3) is 0 Å². The number of ether oxygens (including phenoxy) is 1. The second-order valence-electron chi connectivity index (χ2n) is 4.71. The summed E-state index contributed by atoms with van der Waals surface area (Å²) >= 11 is 5.96. The van der Waals surface area contributed by atoms with Crippen molar-refractivity contribution in [2.24, 2.45) is 0 Å². The molecular formula is C16H14ClNO2. The summed E-state index contributed by atoms with van der Waals surface area (Å²) in [6, 6.07) is 15.2. The van der Waals surface area contributed by atoms with E-state index >= 15 is 0 Å². The summed E-state index contributed by atoms with van der Waals surface area (Å²) in [4.78, 5) is 13.8. The predicted octanol–water partition coefficient (Wildman–Crippen LogP) is 4.04. The lowest BCUT2D eigenvalue weighted by molar-refractivity contribution is 0.147. The number of anilines is 1. The van der Waals surface area contributed by atoms with E-state index in [0.29, 0.717) is 18.2 Å². The van der Waals surface area contributed by atoms with Crippen molar-refractivity contribution in [1.82, 2.24) is 0 Å². The first-order valence-electron chi connectivity index (χ1n) is 6.51.